The van der Waals surface area contributed by atoms with E-state index >= 15 is 0 Å². The SMILES string of the molecule is O=C(O)CN1CCC(CCc2ccccc2C(F)(F)F)CC1. The molecule has 2 rings (SSSR count). The zero-order chi connectivity index (χ0) is 16.2. The average molecular weight is 315 g/mol. The van der Waals surface area contributed by atoms with Gasteiger partial charge in [-0.3, -0.25) is 9.69 Å². The topological polar surface area (TPSA) is 40.5 Å². The molecule has 0 spiro atoms. The molecule has 1 aromatic carbocycles. The van der Waals surface area contributed by atoms with Crippen LogP contribution < -0.4 is 0 Å². The summed E-state index contributed by atoms with van der Waals surface area (Å²) in [6, 6.07) is 5.73. The number of nitrogens with zero attached hydrogens (tertiary/aromatic N) is 1. The maximum absolute atomic E-state index is 12.9. The molecular weight excluding hydrogens is 295 g/mol. The Labute approximate surface area is 127 Å². The number of aryl methyl sites for hydroxylation is 1. The molecule has 1 aliphatic heterocycles. The van der Waals surface area contributed by atoms with Gasteiger partial charge >= 0.3 is 12.1 Å². The molecule has 1 N–H and O–H groups in total. The molecule has 1 aromatic rings. The van der Waals surface area contributed by atoms with E-state index in [1.54, 1.807) is 12.1 Å². The number of benzene rings is 1. The molecule has 0 atom stereocenters. The van der Waals surface area contributed by atoms with Gasteiger partial charge in [0.15, 0.2) is 0 Å². The normalized spacial score (nSPS) is 17.6. The largest absolute Gasteiger partial charge is 0.480 e. The minimum atomic E-state index is -4.30. The van der Waals surface area contributed by atoms with Crippen molar-refractivity contribution in [2.75, 3.05) is 19.6 Å². The summed E-state index contributed by atoms with van der Waals surface area (Å²) in [7, 11) is 0. The molecule has 0 radical (unpaired) electrons. The molecule has 6 heteroatoms. The van der Waals surface area contributed by atoms with E-state index < -0.39 is 17.7 Å². The third-order valence-electron chi connectivity index (χ3n) is 4.21. The molecule has 3 nitrogen and oxygen atoms in total. The first-order valence-corrected chi connectivity index (χ1v) is 7.45. The first kappa shape index (κ1) is 16.8. The number of carboxylic acids is 1. The summed E-state index contributed by atoms with van der Waals surface area (Å²) in [6.07, 6.45) is -1.47. The summed E-state index contributed by atoms with van der Waals surface area (Å²) in [6.45, 7) is 1.46. The van der Waals surface area contributed by atoms with Crippen LogP contribution in [-0.2, 0) is 17.4 Å². The molecule has 0 amide bonds. The van der Waals surface area contributed by atoms with Crippen molar-refractivity contribution >= 4 is 5.97 Å². The summed E-state index contributed by atoms with van der Waals surface area (Å²) < 4.78 is 38.8. The smallest absolute Gasteiger partial charge is 0.416 e. The highest BCUT2D eigenvalue weighted by Gasteiger charge is 2.33. The standard InChI is InChI=1S/C16H20F3NO2/c17-16(18,19)14-4-2-1-3-13(14)6-5-12-7-9-20(10-8-12)11-15(21)22/h1-4,12H,5-11H2,(H,21,22). The van der Waals surface area contributed by atoms with Crippen molar-refractivity contribution in [1.29, 1.82) is 0 Å². The Bertz CT molecular complexity index is 508. The van der Waals surface area contributed by atoms with Crippen molar-refractivity contribution in [3.05, 3.63) is 35.4 Å². The minimum Gasteiger partial charge on any atom is -0.480 e. The number of carboxylic acid groups (broad SMARTS) is 1. The average Bonchev–Trinajstić information content (AvgIpc) is 2.45. The van der Waals surface area contributed by atoms with E-state index in [4.69, 9.17) is 5.11 Å². The molecule has 0 saturated carbocycles. The second kappa shape index (κ2) is 7.13. The molecule has 0 bridgehead atoms. The van der Waals surface area contributed by atoms with Crippen LogP contribution in [-0.4, -0.2) is 35.6 Å². The Hall–Kier alpha value is -1.56. The number of likely N-dealkylation sites (tertiary alicyclic amines) is 1. The van der Waals surface area contributed by atoms with Gasteiger partial charge in [0.05, 0.1) is 12.1 Å². The minimum absolute atomic E-state index is 0.0453. The van der Waals surface area contributed by atoms with Crippen LogP contribution in [0.1, 0.15) is 30.4 Å². The molecule has 22 heavy (non-hydrogen) atoms. The van der Waals surface area contributed by atoms with Gasteiger partial charge < -0.3 is 5.11 Å². The van der Waals surface area contributed by atoms with Crippen molar-refractivity contribution in [2.45, 2.75) is 31.9 Å². The molecule has 1 aliphatic rings. The van der Waals surface area contributed by atoms with Crippen LogP contribution >= 0.6 is 0 Å². The maximum atomic E-state index is 12.9. The molecule has 1 saturated heterocycles. The molecule has 0 aromatic heterocycles. The molecular formula is C16H20F3NO2. The summed E-state index contributed by atoms with van der Waals surface area (Å²) >= 11 is 0. The Morgan fingerprint density at radius 3 is 2.45 bits per heavy atom. The van der Waals surface area contributed by atoms with Crippen LogP contribution in [0.5, 0.6) is 0 Å². The monoisotopic (exact) mass is 315 g/mol. The van der Waals surface area contributed by atoms with Crippen LogP contribution in [0.3, 0.4) is 0 Å². The highest BCUT2D eigenvalue weighted by Crippen LogP contribution is 2.33. The molecule has 122 valence electrons. The molecule has 1 fully saturated rings. The third-order valence-corrected chi connectivity index (χ3v) is 4.21. The number of hydrogen-bond donors (Lipinski definition) is 1. The van der Waals surface area contributed by atoms with Crippen molar-refractivity contribution < 1.29 is 23.1 Å². The van der Waals surface area contributed by atoms with Crippen LogP contribution in [0.4, 0.5) is 13.2 Å². The van der Waals surface area contributed by atoms with Crippen LogP contribution in [0.25, 0.3) is 0 Å². The van der Waals surface area contributed by atoms with Gasteiger partial charge in [-0.15, -0.1) is 0 Å². The quantitative estimate of drug-likeness (QED) is 0.905. The lowest BCUT2D eigenvalue weighted by molar-refractivity contribution is -0.139. The van der Waals surface area contributed by atoms with E-state index in [-0.39, 0.29) is 6.54 Å². The molecule has 1 heterocycles. The Morgan fingerprint density at radius 1 is 1.23 bits per heavy atom. The maximum Gasteiger partial charge on any atom is 0.416 e. The Balaban J connectivity index is 1.86. The number of halogens is 3. The molecule has 0 aliphatic carbocycles. The second-order valence-electron chi connectivity index (χ2n) is 5.81. The van der Waals surface area contributed by atoms with E-state index in [1.807, 2.05) is 4.90 Å². The van der Waals surface area contributed by atoms with E-state index in [0.717, 1.165) is 18.9 Å². The lowest BCUT2D eigenvalue weighted by Crippen LogP contribution is -2.37. The second-order valence-corrected chi connectivity index (χ2v) is 5.81. The van der Waals surface area contributed by atoms with Crippen LogP contribution in [0, 0.1) is 5.92 Å². The summed E-state index contributed by atoms with van der Waals surface area (Å²) in [5.41, 5.74) is -0.193. The number of hydrogen-bond acceptors (Lipinski definition) is 2. The fraction of sp³-hybridized carbons (Fsp3) is 0.562. The lowest BCUT2D eigenvalue weighted by Gasteiger charge is -2.30. The van der Waals surface area contributed by atoms with E-state index in [1.165, 1.54) is 6.07 Å². The van der Waals surface area contributed by atoms with Gasteiger partial charge in [-0.25, -0.2) is 0 Å². The number of piperidine rings is 1. The zero-order valence-electron chi connectivity index (χ0n) is 12.3. The van der Waals surface area contributed by atoms with E-state index in [2.05, 4.69) is 0 Å². The summed E-state index contributed by atoms with van der Waals surface area (Å²) in [5.74, 6) is -0.469. The fourth-order valence-corrected chi connectivity index (χ4v) is 3.00. The highest BCUT2D eigenvalue weighted by atomic mass is 19.4. The highest BCUT2D eigenvalue weighted by molar-refractivity contribution is 5.69. The van der Waals surface area contributed by atoms with Gasteiger partial charge in [0.2, 0.25) is 0 Å². The summed E-state index contributed by atoms with van der Waals surface area (Å²) in [4.78, 5) is 12.5. The fourth-order valence-electron chi connectivity index (χ4n) is 3.00. The van der Waals surface area contributed by atoms with Gasteiger partial charge in [0.25, 0.3) is 0 Å². The first-order chi connectivity index (χ1) is 10.4. The van der Waals surface area contributed by atoms with Gasteiger partial charge in [0.1, 0.15) is 0 Å². The van der Waals surface area contributed by atoms with Gasteiger partial charge in [-0.1, -0.05) is 18.2 Å². The van der Waals surface area contributed by atoms with Crippen molar-refractivity contribution in [3.63, 3.8) is 0 Å². The predicted molar refractivity (Wildman–Crippen MR) is 76.6 cm³/mol. The van der Waals surface area contributed by atoms with Crippen molar-refractivity contribution in [2.24, 2.45) is 5.92 Å². The van der Waals surface area contributed by atoms with Crippen LogP contribution in [0.2, 0.25) is 0 Å². The zero-order valence-corrected chi connectivity index (χ0v) is 12.3. The number of aliphatic carboxylic acids is 1. The van der Waals surface area contributed by atoms with Gasteiger partial charge in [-0.05, 0) is 56.3 Å². The van der Waals surface area contributed by atoms with Crippen molar-refractivity contribution in [3.8, 4) is 0 Å². The Morgan fingerprint density at radius 2 is 1.86 bits per heavy atom. The number of carbonyl (C=O) groups is 1. The lowest BCUT2D eigenvalue weighted by atomic mass is 9.89. The molecule has 0 unspecified atom stereocenters. The predicted octanol–water partition coefficient (Wildman–Crippen LogP) is 3.43. The Kier molecular flexibility index (Phi) is 5.45. The summed E-state index contributed by atoms with van der Waals surface area (Å²) in [5, 5.41) is 8.74. The third kappa shape index (κ3) is 4.73. The van der Waals surface area contributed by atoms with Crippen molar-refractivity contribution in [1.82, 2.24) is 4.90 Å². The van der Waals surface area contributed by atoms with Gasteiger partial charge in [0, 0.05) is 0 Å². The number of alkyl halides is 3. The van der Waals surface area contributed by atoms with Gasteiger partial charge in [-0.2, -0.15) is 13.2 Å². The van der Waals surface area contributed by atoms with Crippen LogP contribution in [0.15, 0.2) is 24.3 Å². The first-order valence-electron chi connectivity index (χ1n) is 7.45. The number of rotatable bonds is 5. The van der Waals surface area contributed by atoms with E-state index in [0.29, 0.717) is 37.4 Å². The van der Waals surface area contributed by atoms with E-state index in [9.17, 15) is 18.0 Å².